The third kappa shape index (κ3) is 2.06. The van der Waals surface area contributed by atoms with Gasteiger partial charge in [-0.1, -0.05) is 11.6 Å². The molecule has 1 aliphatic carbocycles. The highest BCUT2D eigenvalue weighted by atomic mass is 16.5. The standard InChI is InChI=1S/C12H18N2O/c1-11-3-2-4-12(9-11,10-13)14-5-7-15-8-6-14/h3H,2,4-9H2,1H3. The highest BCUT2D eigenvalue weighted by molar-refractivity contribution is 5.20. The van der Waals surface area contributed by atoms with E-state index in [0.29, 0.717) is 0 Å². The van der Waals surface area contributed by atoms with Crippen LogP contribution in [-0.2, 0) is 4.74 Å². The van der Waals surface area contributed by atoms with Gasteiger partial charge in [-0.15, -0.1) is 0 Å². The predicted molar refractivity (Wildman–Crippen MR) is 58.3 cm³/mol. The second kappa shape index (κ2) is 4.34. The van der Waals surface area contributed by atoms with Crippen molar-refractivity contribution in [3.05, 3.63) is 11.6 Å². The Labute approximate surface area is 91.3 Å². The molecule has 82 valence electrons. The van der Waals surface area contributed by atoms with Crippen molar-refractivity contribution >= 4 is 0 Å². The van der Waals surface area contributed by atoms with Crippen molar-refractivity contribution in [2.75, 3.05) is 26.3 Å². The minimum Gasteiger partial charge on any atom is -0.379 e. The smallest absolute Gasteiger partial charge is 0.113 e. The van der Waals surface area contributed by atoms with E-state index in [2.05, 4.69) is 24.0 Å². The molecule has 0 N–H and O–H groups in total. The normalized spacial score (nSPS) is 33.2. The molecule has 2 aliphatic rings. The van der Waals surface area contributed by atoms with Crippen LogP contribution >= 0.6 is 0 Å². The fourth-order valence-electron chi connectivity index (χ4n) is 2.61. The van der Waals surface area contributed by atoms with E-state index in [9.17, 15) is 5.26 Å². The second-order valence-electron chi connectivity index (χ2n) is 4.51. The summed E-state index contributed by atoms with van der Waals surface area (Å²) in [7, 11) is 0. The number of hydrogen-bond acceptors (Lipinski definition) is 3. The zero-order valence-corrected chi connectivity index (χ0v) is 9.33. The summed E-state index contributed by atoms with van der Waals surface area (Å²) in [4.78, 5) is 2.31. The van der Waals surface area contributed by atoms with E-state index in [1.165, 1.54) is 5.57 Å². The summed E-state index contributed by atoms with van der Waals surface area (Å²) in [6, 6.07) is 2.55. The Bertz CT molecular complexity index is 299. The molecular formula is C12H18N2O. The number of nitrogens with zero attached hydrogens (tertiary/aromatic N) is 2. The van der Waals surface area contributed by atoms with Crippen LogP contribution in [0.2, 0.25) is 0 Å². The third-order valence-electron chi connectivity index (χ3n) is 3.45. The third-order valence-corrected chi connectivity index (χ3v) is 3.45. The van der Waals surface area contributed by atoms with E-state index < -0.39 is 0 Å². The molecule has 3 heteroatoms. The minimum atomic E-state index is -0.247. The van der Waals surface area contributed by atoms with Crippen molar-refractivity contribution in [1.82, 2.24) is 4.90 Å². The lowest BCUT2D eigenvalue weighted by Crippen LogP contribution is -2.53. The molecule has 0 saturated carbocycles. The highest BCUT2D eigenvalue weighted by Crippen LogP contribution is 2.33. The Morgan fingerprint density at radius 2 is 2.20 bits per heavy atom. The fraction of sp³-hybridized carbons (Fsp3) is 0.750. The highest BCUT2D eigenvalue weighted by Gasteiger charge is 2.38. The number of ether oxygens (including phenoxy) is 1. The Balaban J connectivity index is 2.14. The van der Waals surface area contributed by atoms with Gasteiger partial charge in [-0.2, -0.15) is 5.26 Å². The van der Waals surface area contributed by atoms with Crippen molar-refractivity contribution in [3.63, 3.8) is 0 Å². The quantitative estimate of drug-likeness (QED) is 0.613. The zero-order valence-electron chi connectivity index (χ0n) is 9.33. The van der Waals surface area contributed by atoms with Crippen LogP contribution in [0.25, 0.3) is 0 Å². The number of hydrogen-bond donors (Lipinski definition) is 0. The van der Waals surface area contributed by atoms with Crippen LogP contribution in [0.4, 0.5) is 0 Å². The molecule has 0 radical (unpaired) electrons. The van der Waals surface area contributed by atoms with Crippen molar-refractivity contribution in [1.29, 1.82) is 5.26 Å². The SMILES string of the molecule is CC1=CCCC(C#N)(N2CCOCC2)C1. The summed E-state index contributed by atoms with van der Waals surface area (Å²) < 4.78 is 5.34. The van der Waals surface area contributed by atoms with E-state index >= 15 is 0 Å². The van der Waals surface area contributed by atoms with Gasteiger partial charge in [-0.3, -0.25) is 4.90 Å². The average molecular weight is 206 g/mol. The largest absolute Gasteiger partial charge is 0.379 e. The van der Waals surface area contributed by atoms with Gasteiger partial charge in [-0.25, -0.2) is 0 Å². The maximum Gasteiger partial charge on any atom is 0.113 e. The maximum atomic E-state index is 9.45. The fourth-order valence-corrected chi connectivity index (χ4v) is 2.61. The minimum absolute atomic E-state index is 0.247. The molecule has 1 aliphatic heterocycles. The molecule has 1 fully saturated rings. The first-order valence-corrected chi connectivity index (χ1v) is 5.66. The van der Waals surface area contributed by atoms with Gasteiger partial charge >= 0.3 is 0 Å². The van der Waals surface area contributed by atoms with Crippen molar-refractivity contribution in [2.24, 2.45) is 0 Å². The summed E-state index contributed by atoms with van der Waals surface area (Å²) in [5, 5.41) is 9.45. The Morgan fingerprint density at radius 1 is 1.47 bits per heavy atom. The number of nitriles is 1. The molecule has 1 atom stereocenters. The molecule has 0 aromatic rings. The van der Waals surface area contributed by atoms with Gasteiger partial charge < -0.3 is 4.74 Å². The van der Waals surface area contributed by atoms with Crippen LogP contribution in [0.3, 0.4) is 0 Å². The molecule has 1 heterocycles. The lowest BCUT2D eigenvalue weighted by atomic mass is 9.81. The van der Waals surface area contributed by atoms with E-state index in [-0.39, 0.29) is 5.54 Å². The van der Waals surface area contributed by atoms with Crippen molar-refractivity contribution < 1.29 is 4.74 Å². The molecule has 1 unspecified atom stereocenters. The van der Waals surface area contributed by atoms with E-state index in [1.54, 1.807) is 0 Å². The second-order valence-corrected chi connectivity index (χ2v) is 4.51. The summed E-state index contributed by atoms with van der Waals surface area (Å²) in [6.07, 6.45) is 5.18. The van der Waals surface area contributed by atoms with Crippen LogP contribution in [0.1, 0.15) is 26.2 Å². The van der Waals surface area contributed by atoms with E-state index in [1.807, 2.05) is 0 Å². The summed E-state index contributed by atoms with van der Waals surface area (Å²) in [5.74, 6) is 0. The lowest BCUT2D eigenvalue weighted by molar-refractivity contribution is -0.00714. The molecule has 1 saturated heterocycles. The first kappa shape index (κ1) is 10.7. The lowest BCUT2D eigenvalue weighted by Gasteiger charge is -2.42. The Morgan fingerprint density at radius 3 is 2.80 bits per heavy atom. The Kier molecular flexibility index (Phi) is 3.08. The summed E-state index contributed by atoms with van der Waals surface area (Å²) in [5.41, 5.74) is 1.11. The van der Waals surface area contributed by atoms with Gasteiger partial charge in [0, 0.05) is 13.1 Å². The number of allylic oxidation sites excluding steroid dienone is 1. The van der Waals surface area contributed by atoms with Gasteiger partial charge in [0.15, 0.2) is 0 Å². The van der Waals surface area contributed by atoms with E-state index in [4.69, 9.17) is 4.74 Å². The maximum absolute atomic E-state index is 9.45. The van der Waals surface area contributed by atoms with E-state index in [0.717, 1.165) is 45.6 Å². The molecule has 0 spiro atoms. The number of morpholine rings is 1. The van der Waals surface area contributed by atoms with Gasteiger partial charge in [0.25, 0.3) is 0 Å². The first-order chi connectivity index (χ1) is 7.27. The molecule has 0 aromatic carbocycles. The molecule has 0 aromatic heterocycles. The van der Waals surface area contributed by atoms with Crippen LogP contribution in [-0.4, -0.2) is 36.7 Å². The zero-order chi connectivity index (χ0) is 10.7. The average Bonchev–Trinajstić information content (AvgIpc) is 2.30. The van der Waals surface area contributed by atoms with Crippen LogP contribution in [0, 0.1) is 11.3 Å². The van der Waals surface area contributed by atoms with Crippen LogP contribution in [0.15, 0.2) is 11.6 Å². The monoisotopic (exact) mass is 206 g/mol. The number of rotatable bonds is 1. The van der Waals surface area contributed by atoms with Crippen LogP contribution < -0.4 is 0 Å². The Hall–Kier alpha value is -0.850. The van der Waals surface area contributed by atoms with Gasteiger partial charge in [0.2, 0.25) is 0 Å². The molecule has 3 nitrogen and oxygen atoms in total. The van der Waals surface area contributed by atoms with Gasteiger partial charge in [-0.05, 0) is 26.2 Å². The predicted octanol–water partition coefficient (Wildman–Crippen LogP) is 1.71. The topological polar surface area (TPSA) is 36.3 Å². The van der Waals surface area contributed by atoms with Crippen molar-refractivity contribution in [3.8, 4) is 6.07 Å². The molecule has 0 bridgehead atoms. The first-order valence-electron chi connectivity index (χ1n) is 5.66. The summed E-state index contributed by atoms with van der Waals surface area (Å²) in [6.45, 7) is 5.48. The molecule has 0 amide bonds. The molecule has 2 rings (SSSR count). The molecular weight excluding hydrogens is 188 g/mol. The van der Waals surface area contributed by atoms with Gasteiger partial charge in [0.05, 0.1) is 19.3 Å². The molecule has 15 heavy (non-hydrogen) atoms. The van der Waals surface area contributed by atoms with Crippen molar-refractivity contribution in [2.45, 2.75) is 31.7 Å². The van der Waals surface area contributed by atoms with Crippen LogP contribution in [0.5, 0.6) is 0 Å². The summed E-state index contributed by atoms with van der Waals surface area (Å²) >= 11 is 0. The van der Waals surface area contributed by atoms with Gasteiger partial charge in [0.1, 0.15) is 5.54 Å².